The summed E-state index contributed by atoms with van der Waals surface area (Å²) >= 11 is 3.09. The number of rotatable bonds is 5. The van der Waals surface area contributed by atoms with Crippen molar-refractivity contribution in [3.05, 3.63) is 98.0 Å². The summed E-state index contributed by atoms with van der Waals surface area (Å²) in [5, 5.41) is 16.5. The maximum Gasteiger partial charge on any atom is 0.284 e. The van der Waals surface area contributed by atoms with Gasteiger partial charge in [-0.15, -0.1) is 0 Å². The van der Waals surface area contributed by atoms with Gasteiger partial charge in [0.15, 0.2) is 0 Å². The number of nitro groups is 1. The number of halogens is 1. The summed E-state index contributed by atoms with van der Waals surface area (Å²) in [5.74, 6) is -0.940. The summed E-state index contributed by atoms with van der Waals surface area (Å²) in [6.07, 6.45) is 0. The van der Waals surface area contributed by atoms with Crippen LogP contribution < -0.4 is 10.6 Å². The molecule has 146 valence electrons. The van der Waals surface area contributed by atoms with Gasteiger partial charge in [0.25, 0.3) is 17.5 Å². The Morgan fingerprint density at radius 1 is 0.931 bits per heavy atom. The molecule has 3 rings (SSSR count). The van der Waals surface area contributed by atoms with E-state index >= 15 is 0 Å². The Hall–Kier alpha value is -3.52. The molecule has 0 saturated carbocycles. The van der Waals surface area contributed by atoms with Crippen molar-refractivity contribution >= 4 is 44.8 Å². The van der Waals surface area contributed by atoms with Crippen LogP contribution in [0.15, 0.2) is 71.2 Å². The van der Waals surface area contributed by atoms with Crippen LogP contribution in [0, 0.1) is 17.0 Å². The number of hydrogen-bond acceptors (Lipinski definition) is 4. The number of aryl methyl sites for hydroxylation is 1. The van der Waals surface area contributed by atoms with E-state index in [1.807, 2.05) is 25.1 Å². The molecule has 29 heavy (non-hydrogen) atoms. The van der Waals surface area contributed by atoms with Gasteiger partial charge in [-0.25, -0.2) is 0 Å². The number of carbonyl (C=O) groups excluding carboxylic acids is 2. The van der Waals surface area contributed by atoms with Gasteiger partial charge in [0, 0.05) is 17.3 Å². The summed E-state index contributed by atoms with van der Waals surface area (Å²) in [6, 6.07) is 18.0. The lowest BCUT2D eigenvalue weighted by molar-refractivity contribution is -0.385. The van der Waals surface area contributed by atoms with Crippen molar-refractivity contribution in [2.45, 2.75) is 6.92 Å². The molecular formula is C21H16BrN3O4. The molecule has 2 N–H and O–H groups in total. The minimum Gasteiger partial charge on any atom is -0.322 e. The van der Waals surface area contributed by atoms with E-state index in [0.717, 1.165) is 5.56 Å². The first-order chi connectivity index (χ1) is 13.8. The highest BCUT2D eigenvalue weighted by molar-refractivity contribution is 9.10. The molecule has 0 aliphatic carbocycles. The highest BCUT2D eigenvalue weighted by Crippen LogP contribution is 2.26. The molecule has 0 fully saturated rings. The van der Waals surface area contributed by atoms with Crippen LogP contribution in [0.3, 0.4) is 0 Å². The topological polar surface area (TPSA) is 101 Å². The van der Waals surface area contributed by atoms with Gasteiger partial charge in [-0.05, 0) is 64.8 Å². The van der Waals surface area contributed by atoms with E-state index in [-0.39, 0.29) is 27.2 Å². The number of benzene rings is 3. The Morgan fingerprint density at radius 3 is 2.41 bits per heavy atom. The van der Waals surface area contributed by atoms with Gasteiger partial charge in [0.1, 0.15) is 0 Å². The summed E-state index contributed by atoms with van der Waals surface area (Å²) in [5.41, 5.74) is 2.10. The number of nitrogens with one attached hydrogen (secondary N) is 2. The van der Waals surface area contributed by atoms with Gasteiger partial charge in [-0.1, -0.05) is 24.3 Å². The Labute approximate surface area is 175 Å². The molecule has 0 saturated heterocycles. The van der Waals surface area contributed by atoms with Gasteiger partial charge < -0.3 is 10.6 Å². The number of amides is 2. The third kappa shape index (κ3) is 4.85. The Morgan fingerprint density at radius 2 is 1.69 bits per heavy atom. The van der Waals surface area contributed by atoms with Gasteiger partial charge in [-0.2, -0.15) is 0 Å². The molecule has 0 unspecified atom stereocenters. The van der Waals surface area contributed by atoms with Crippen LogP contribution >= 0.6 is 15.9 Å². The molecule has 0 heterocycles. The first kappa shape index (κ1) is 20.2. The second kappa shape index (κ2) is 8.66. The zero-order chi connectivity index (χ0) is 21.0. The molecule has 0 aliphatic rings. The Balaban J connectivity index is 1.84. The third-order valence-electron chi connectivity index (χ3n) is 4.10. The minimum atomic E-state index is -0.579. The highest BCUT2D eigenvalue weighted by atomic mass is 79.9. The summed E-state index contributed by atoms with van der Waals surface area (Å²) < 4.78 is 0.275. The molecule has 3 aromatic rings. The lowest BCUT2D eigenvalue weighted by atomic mass is 10.1. The largest absolute Gasteiger partial charge is 0.322 e. The predicted molar refractivity (Wildman–Crippen MR) is 114 cm³/mol. The number of carbonyl (C=O) groups is 2. The van der Waals surface area contributed by atoms with Crippen LogP contribution in [0.4, 0.5) is 17.1 Å². The van der Waals surface area contributed by atoms with Crippen molar-refractivity contribution in [3.8, 4) is 0 Å². The fourth-order valence-corrected chi connectivity index (χ4v) is 3.09. The molecule has 3 aromatic carbocycles. The normalized spacial score (nSPS) is 10.3. The molecule has 0 radical (unpaired) electrons. The molecule has 0 aliphatic heterocycles. The fraction of sp³-hybridized carbons (Fsp3) is 0.0476. The van der Waals surface area contributed by atoms with Gasteiger partial charge in [0.2, 0.25) is 0 Å². The maximum atomic E-state index is 12.7. The maximum absolute atomic E-state index is 12.7. The quantitative estimate of drug-likeness (QED) is 0.410. The summed E-state index contributed by atoms with van der Waals surface area (Å²) in [6.45, 7) is 1.92. The van der Waals surface area contributed by atoms with Crippen LogP contribution in [-0.2, 0) is 0 Å². The fourth-order valence-electron chi connectivity index (χ4n) is 2.70. The smallest absolute Gasteiger partial charge is 0.284 e. The molecule has 0 bridgehead atoms. The van der Waals surface area contributed by atoms with Crippen molar-refractivity contribution in [2.24, 2.45) is 0 Å². The number of nitro benzene ring substituents is 1. The Bertz CT molecular complexity index is 1110. The van der Waals surface area contributed by atoms with E-state index in [0.29, 0.717) is 11.4 Å². The van der Waals surface area contributed by atoms with Crippen molar-refractivity contribution in [3.63, 3.8) is 0 Å². The van der Waals surface area contributed by atoms with E-state index in [1.54, 1.807) is 30.3 Å². The number of nitrogens with zero attached hydrogens (tertiary/aromatic N) is 1. The van der Waals surface area contributed by atoms with Gasteiger partial charge in [-0.3, -0.25) is 19.7 Å². The van der Waals surface area contributed by atoms with E-state index in [2.05, 4.69) is 26.6 Å². The third-order valence-corrected chi connectivity index (χ3v) is 4.77. The monoisotopic (exact) mass is 453 g/mol. The van der Waals surface area contributed by atoms with Crippen molar-refractivity contribution in [1.29, 1.82) is 0 Å². The lowest BCUT2D eigenvalue weighted by Crippen LogP contribution is -2.18. The van der Waals surface area contributed by atoms with Gasteiger partial charge >= 0.3 is 0 Å². The molecule has 0 atom stereocenters. The SMILES string of the molecule is Cc1cccc(NC(=O)c2ccccc2NC(=O)c2ccc(Br)c([N+](=O)[O-])c2)c1. The molecule has 0 spiro atoms. The van der Waals surface area contributed by atoms with Crippen LogP contribution in [0.1, 0.15) is 26.3 Å². The zero-order valence-corrected chi connectivity index (χ0v) is 16.9. The Kier molecular flexibility index (Phi) is 6.04. The van der Waals surface area contributed by atoms with Crippen molar-refractivity contribution in [2.75, 3.05) is 10.6 Å². The molecule has 8 heteroatoms. The van der Waals surface area contributed by atoms with E-state index < -0.39 is 10.8 Å². The second-order valence-corrected chi connectivity index (χ2v) is 7.10. The second-order valence-electron chi connectivity index (χ2n) is 6.25. The molecule has 2 amide bonds. The summed E-state index contributed by atoms with van der Waals surface area (Å²) in [7, 11) is 0. The van der Waals surface area contributed by atoms with Crippen molar-refractivity contribution in [1.82, 2.24) is 0 Å². The number of anilines is 2. The number of para-hydroxylation sites is 1. The summed E-state index contributed by atoms with van der Waals surface area (Å²) in [4.78, 5) is 35.8. The number of hydrogen-bond donors (Lipinski definition) is 2. The molecular weight excluding hydrogens is 438 g/mol. The van der Waals surface area contributed by atoms with Crippen LogP contribution in [0.5, 0.6) is 0 Å². The zero-order valence-electron chi connectivity index (χ0n) is 15.3. The van der Waals surface area contributed by atoms with Crippen LogP contribution in [0.25, 0.3) is 0 Å². The predicted octanol–water partition coefficient (Wildman–Crippen LogP) is 5.17. The van der Waals surface area contributed by atoms with E-state index in [1.165, 1.54) is 18.2 Å². The highest BCUT2D eigenvalue weighted by Gasteiger charge is 2.18. The van der Waals surface area contributed by atoms with Crippen LogP contribution in [0.2, 0.25) is 0 Å². The standard InChI is InChI=1S/C21H16BrN3O4/c1-13-5-4-6-15(11-13)23-21(27)16-7-2-3-8-18(16)24-20(26)14-9-10-17(22)19(12-14)25(28)29/h2-12H,1H3,(H,23,27)(H,24,26). The average Bonchev–Trinajstić information content (AvgIpc) is 2.68. The first-order valence-electron chi connectivity index (χ1n) is 8.57. The van der Waals surface area contributed by atoms with Crippen molar-refractivity contribution < 1.29 is 14.5 Å². The van der Waals surface area contributed by atoms with Crippen LogP contribution in [-0.4, -0.2) is 16.7 Å². The van der Waals surface area contributed by atoms with Gasteiger partial charge in [0.05, 0.1) is 20.6 Å². The molecule has 7 nitrogen and oxygen atoms in total. The van der Waals surface area contributed by atoms with E-state index in [9.17, 15) is 19.7 Å². The minimum absolute atomic E-state index is 0.105. The first-order valence-corrected chi connectivity index (χ1v) is 9.37. The van der Waals surface area contributed by atoms with E-state index in [4.69, 9.17) is 0 Å². The average molecular weight is 454 g/mol. The lowest BCUT2D eigenvalue weighted by Gasteiger charge is -2.12. The molecule has 0 aromatic heterocycles.